The van der Waals surface area contributed by atoms with Crippen molar-refractivity contribution in [1.82, 2.24) is 5.32 Å². The van der Waals surface area contributed by atoms with Crippen LogP contribution < -0.4 is 5.32 Å². The highest BCUT2D eigenvalue weighted by atomic mass is 16.5. The maximum absolute atomic E-state index is 5.54. The van der Waals surface area contributed by atoms with Crippen molar-refractivity contribution in [2.24, 2.45) is 0 Å². The van der Waals surface area contributed by atoms with E-state index in [2.05, 4.69) is 36.5 Å². The lowest BCUT2D eigenvalue weighted by Crippen LogP contribution is -2.16. The highest BCUT2D eigenvalue weighted by Crippen LogP contribution is 1.99. The minimum Gasteiger partial charge on any atom is -0.381 e. The molecular formula is C13H21NO. The van der Waals surface area contributed by atoms with Gasteiger partial charge in [-0.2, -0.15) is 0 Å². The molecule has 1 rings (SSSR count). The maximum Gasteiger partial charge on any atom is 0.0506 e. The lowest BCUT2D eigenvalue weighted by atomic mass is 10.2. The first-order chi connectivity index (χ1) is 7.43. The van der Waals surface area contributed by atoms with Crippen LogP contribution in [-0.4, -0.2) is 26.3 Å². The summed E-state index contributed by atoms with van der Waals surface area (Å²) in [5, 5.41) is 3.28. The Bertz CT molecular complexity index is 236. The molecule has 0 aliphatic carbocycles. The second-order valence-electron chi connectivity index (χ2n) is 3.56. The maximum atomic E-state index is 5.54. The number of benzene rings is 1. The molecule has 2 nitrogen and oxygen atoms in total. The standard InChI is InChI=1S/C13H21NO/c1-2-14-10-6-11-15-12-9-13-7-4-3-5-8-13/h3-5,7-8,14H,2,6,9-12H2,1H3. The van der Waals surface area contributed by atoms with Gasteiger partial charge in [-0.15, -0.1) is 0 Å². The summed E-state index contributed by atoms with van der Waals surface area (Å²) in [6, 6.07) is 10.5. The molecule has 1 aromatic carbocycles. The summed E-state index contributed by atoms with van der Waals surface area (Å²) in [6.07, 6.45) is 2.12. The largest absolute Gasteiger partial charge is 0.381 e. The van der Waals surface area contributed by atoms with E-state index in [1.165, 1.54) is 5.56 Å². The monoisotopic (exact) mass is 207 g/mol. The van der Waals surface area contributed by atoms with Gasteiger partial charge < -0.3 is 10.1 Å². The predicted octanol–water partition coefficient (Wildman–Crippen LogP) is 2.25. The molecule has 2 heteroatoms. The summed E-state index contributed by atoms with van der Waals surface area (Å²) in [5.74, 6) is 0. The zero-order chi connectivity index (χ0) is 10.8. The minimum absolute atomic E-state index is 0.830. The summed E-state index contributed by atoms with van der Waals surface area (Å²) in [4.78, 5) is 0. The first kappa shape index (κ1) is 12.2. The number of ether oxygens (including phenoxy) is 1. The molecule has 0 saturated heterocycles. The van der Waals surface area contributed by atoms with E-state index >= 15 is 0 Å². The molecular weight excluding hydrogens is 186 g/mol. The third-order valence-corrected chi connectivity index (χ3v) is 2.27. The average molecular weight is 207 g/mol. The Morgan fingerprint density at radius 1 is 1.13 bits per heavy atom. The van der Waals surface area contributed by atoms with Crippen LogP contribution in [0.5, 0.6) is 0 Å². The van der Waals surface area contributed by atoms with Crippen molar-refractivity contribution in [1.29, 1.82) is 0 Å². The summed E-state index contributed by atoms with van der Waals surface area (Å²) in [6.45, 7) is 5.91. The number of hydrogen-bond donors (Lipinski definition) is 1. The zero-order valence-electron chi connectivity index (χ0n) is 9.54. The molecule has 0 heterocycles. The van der Waals surface area contributed by atoms with Crippen molar-refractivity contribution in [2.75, 3.05) is 26.3 Å². The molecule has 0 amide bonds. The van der Waals surface area contributed by atoms with Crippen LogP contribution in [-0.2, 0) is 11.2 Å². The van der Waals surface area contributed by atoms with Gasteiger partial charge in [0.2, 0.25) is 0 Å². The summed E-state index contributed by atoms with van der Waals surface area (Å²) in [5.41, 5.74) is 1.35. The van der Waals surface area contributed by atoms with Crippen molar-refractivity contribution in [2.45, 2.75) is 19.8 Å². The number of nitrogens with one attached hydrogen (secondary N) is 1. The van der Waals surface area contributed by atoms with Crippen LogP contribution >= 0.6 is 0 Å². The van der Waals surface area contributed by atoms with Crippen molar-refractivity contribution in [3.63, 3.8) is 0 Å². The van der Waals surface area contributed by atoms with Gasteiger partial charge in [0.05, 0.1) is 6.61 Å². The van der Waals surface area contributed by atoms with Crippen molar-refractivity contribution in [3.05, 3.63) is 35.9 Å². The van der Waals surface area contributed by atoms with E-state index in [1.807, 2.05) is 6.07 Å². The lowest BCUT2D eigenvalue weighted by molar-refractivity contribution is 0.134. The topological polar surface area (TPSA) is 21.3 Å². The van der Waals surface area contributed by atoms with Crippen LogP contribution in [0.1, 0.15) is 18.9 Å². The van der Waals surface area contributed by atoms with E-state index in [4.69, 9.17) is 4.74 Å². The van der Waals surface area contributed by atoms with Crippen LogP contribution in [0.25, 0.3) is 0 Å². The van der Waals surface area contributed by atoms with E-state index < -0.39 is 0 Å². The van der Waals surface area contributed by atoms with E-state index in [0.717, 1.165) is 39.1 Å². The number of rotatable bonds is 8. The van der Waals surface area contributed by atoms with Gasteiger partial charge in [0, 0.05) is 6.61 Å². The highest BCUT2D eigenvalue weighted by Gasteiger charge is 1.92. The molecule has 0 aliphatic heterocycles. The molecule has 0 aliphatic rings. The van der Waals surface area contributed by atoms with Gasteiger partial charge >= 0.3 is 0 Å². The smallest absolute Gasteiger partial charge is 0.0506 e. The molecule has 15 heavy (non-hydrogen) atoms. The van der Waals surface area contributed by atoms with Gasteiger partial charge in [-0.05, 0) is 31.5 Å². The minimum atomic E-state index is 0.830. The van der Waals surface area contributed by atoms with Gasteiger partial charge in [0.15, 0.2) is 0 Å². The molecule has 0 fully saturated rings. The molecule has 0 atom stereocenters. The average Bonchev–Trinajstić information content (AvgIpc) is 2.29. The Kier molecular flexibility index (Phi) is 6.88. The third kappa shape index (κ3) is 6.26. The van der Waals surface area contributed by atoms with E-state index in [9.17, 15) is 0 Å². The first-order valence-electron chi connectivity index (χ1n) is 5.76. The Hall–Kier alpha value is -0.860. The molecule has 0 spiro atoms. The molecule has 0 saturated carbocycles. The molecule has 1 N–H and O–H groups in total. The quantitative estimate of drug-likeness (QED) is 0.660. The zero-order valence-corrected chi connectivity index (χ0v) is 9.54. The van der Waals surface area contributed by atoms with Gasteiger partial charge in [-0.1, -0.05) is 37.3 Å². The van der Waals surface area contributed by atoms with Crippen molar-refractivity contribution in [3.8, 4) is 0 Å². The van der Waals surface area contributed by atoms with Crippen LogP contribution in [0.3, 0.4) is 0 Å². The first-order valence-corrected chi connectivity index (χ1v) is 5.76. The van der Waals surface area contributed by atoms with Crippen LogP contribution in [0, 0.1) is 0 Å². The molecule has 0 unspecified atom stereocenters. The Morgan fingerprint density at radius 3 is 2.67 bits per heavy atom. The second-order valence-corrected chi connectivity index (χ2v) is 3.56. The van der Waals surface area contributed by atoms with Gasteiger partial charge in [-0.3, -0.25) is 0 Å². The predicted molar refractivity (Wildman–Crippen MR) is 64.1 cm³/mol. The fraction of sp³-hybridized carbons (Fsp3) is 0.538. The SMILES string of the molecule is CCNCCCOCCc1ccccc1. The summed E-state index contributed by atoms with van der Waals surface area (Å²) in [7, 11) is 0. The third-order valence-electron chi connectivity index (χ3n) is 2.27. The Balaban J connectivity index is 1.93. The van der Waals surface area contributed by atoms with Crippen LogP contribution in [0.15, 0.2) is 30.3 Å². The molecule has 0 bridgehead atoms. The fourth-order valence-corrected chi connectivity index (χ4v) is 1.41. The Morgan fingerprint density at radius 2 is 1.93 bits per heavy atom. The van der Waals surface area contributed by atoms with Crippen LogP contribution in [0.4, 0.5) is 0 Å². The normalized spacial score (nSPS) is 10.5. The van der Waals surface area contributed by atoms with Crippen molar-refractivity contribution < 1.29 is 4.74 Å². The van der Waals surface area contributed by atoms with Crippen LogP contribution in [0.2, 0.25) is 0 Å². The van der Waals surface area contributed by atoms with Gasteiger partial charge in [0.25, 0.3) is 0 Å². The second kappa shape index (κ2) is 8.45. The van der Waals surface area contributed by atoms with Crippen molar-refractivity contribution >= 4 is 0 Å². The molecule has 0 radical (unpaired) electrons. The summed E-state index contributed by atoms with van der Waals surface area (Å²) >= 11 is 0. The Labute approximate surface area is 92.6 Å². The lowest BCUT2D eigenvalue weighted by Gasteiger charge is -2.04. The van der Waals surface area contributed by atoms with Gasteiger partial charge in [-0.25, -0.2) is 0 Å². The summed E-state index contributed by atoms with van der Waals surface area (Å²) < 4.78 is 5.54. The van der Waals surface area contributed by atoms with E-state index in [-0.39, 0.29) is 0 Å². The molecule has 84 valence electrons. The van der Waals surface area contributed by atoms with E-state index in [1.54, 1.807) is 0 Å². The highest BCUT2D eigenvalue weighted by molar-refractivity contribution is 5.14. The molecule has 1 aromatic rings. The number of hydrogen-bond acceptors (Lipinski definition) is 2. The van der Waals surface area contributed by atoms with E-state index in [0.29, 0.717) is 0 Å². The van der Waals surface area contributed by atoms with Gasteiger partial charge in [0.1, 0.15) is 0 Å². The fourth-order valence-electron chi connectivity index (χ4n) is 1.41. The molecule has 0 aromatic heterocycles.